The van der Waals surface area contributed by atoms with Gasteiger partial charge in [-0.15, -0.1) is 11.3 Å². The van der Waals surface area contributed by atoms with Crippen LogP contribution in [0.1, 0.15) is 44.1 Å². The lowest BCUT2D eigenvalue weighted by Gasteiger charge is -2.24. The molecule has 1 heterocycles. The Morgan fingerprint density at radius 1 is 1.35 bits per heavy atom. The normalized spacial score (nSPS) is 12.1. The first-order valence-electron chi connectivity index (χ1n) is 6.40. The molecule has 0 fully saturated rings. The summed E-state index contributed by atoms with van der Waals surface area (Å²) >= 11 is 5.41. The van der Waals surface area contributed by atoms with Gasteiger partial charge in [0.05, 0.1) is 3.79 Å². The topological polar surface area (TPSA) is 12.0 Å². The molecule has 1 aromatic rings. The third kappa shape index (κ3) is 5.54. The van der Waals surface area contributed by atoms with Crippen molar-refractivity contribution < 1.29 is 0 Å². The number of rotatable bonds is 7. The van der Waals surface area contributed by atoms with E-state index in [-0.39, 0.29) is 0 Å². The van der Waals surface area contributed by atoms with Crippen LogP contribution in [0.3, 0.4) is 0 Å². The van der Waals surface area contributed by atoms with Gasteiger partial charge in [-0.2, -0.15) is 0 Å². The van der Waals surface area contributed by atoms with Gasteiger partial charge in [0.25, 0.3) is 0 Å². The lowest BCUT2D eigenvalue weighted by atomic mass is 9.83. The monoisotopic (exact) mass is 317 g/mol. The van der Waals surface area contributed by atoms with E-state index in [4.69, 9.17) is 0 Å². The van der Waals surface area contributed by atoms with Crippen LogP contribution in [-0.2, 0) is 6.42 Å². The van der Waals surface area contributed by atoms with Gasteiger partial charge in [-0.3, -0.25) is 0 Å². The largest absolute Gasteiger partial charge is 0.317 e. The molecule has 1 nitrogen and oxygen atoms in total. The van der Waals surface area contributed by atoms with E-state index in [0.717, 1.165) is 13.1 Å². The lowest BCUT2D eigenvalue weighted by Crippen LogP contribution is -2.22. The van der Waals surface area contributed by atoms with E-state index in [1.54, 1.807) is 0 Å². The maximum Gasteiger partial charge on any atom is 0.0704 e. The minimum absolute atomic E-state index is 0.434. The summed E-state index contributed by atoms with van der Waals surface area (Å²) < 4.78 is 1.26. The van der Waals surface area contributed by atoms with Crippen LogP contribution in [-0.4, -0.2) is 13.1 Å². The first kappa shape index (κ1) is 15.2. The van der Waals surface area contributed by atoms with Gasteiger partial charge in [0.15, 0.2) is 0 Å². The van der Waals surface area contributed by atoms with Crippen molar-refractivity contribution in [2.24, 2.45) is 5.41 Å². The molecular weight excluding hydrogens is 294 g/mol. The van der Waals surface area contributed by atoms with Gasteiger partial charge in [-0.1, -0.05) is 20.8 Å². The zero-order valence-corrected chi connectivity index (χ0v) is 13.8. The Balaban J connectivity index is 2.40. The van der Waals surface area contributed by atoms with Crippen molar-refractivity contribution >= 4 is 27.3 Å². The Morgan fingerprint density at radius 2 is 2.06 bits per heavy atom. The minimum atomic E-state index is 0.434. The second-order valence-electron chi connectivity index (χ2n) is 5.40. The first-order chi connectivity index (χ1) is 7.94. The number of nitrogens with one attached hydrogen (secondary N) is 1. The number of thiophene rings is 1. The molecule has 0 radical (unpaired) electrons. The summed E-state index contributed by atoms with van der Waals surface area (Å²) in [6.45, 7) is 11.3. The number of hydrogen-bond acceptors (Lipinski definition) is 2. The van der Waals surface area contributed by atoms with Crippen molar-refractivity contribution in [3.8, 4) is 0 Å². The second kappa shape index (κ2) is 6.91. The highest BCUT2D eigenvalue weighted by Crippen LogP contribution is 2.31. The van der Waals surface area contributed by atoms with E-state index in [1.807, 2.05) is 11.3 Å². The molecule has 0 aliphatic heterocycles. The standard InChI is InChI=1S/C14H24BrNS/c1-5-16-9-8-14(3,4)7-6-12-10-13(15)17-11(12)2/h10,16H,5-9H2,1-4H3. The van der Waals surface area contributed by atoms with Crippen LogP contribution in [0.5, 0.6) is 0 Å². The Hall–Kier alpha value is 0.140. The fourth-order valence-corrected chi connectivity index (χ4v) is 3.72. The van der Waals surface area contributed by atoms with Gasteiger partial charge in [0.2, 0.25) is 0 Å². The Bertz CT molecular complexity index is 344. The summed E-state index contributed by atoms with van der Waals surface area (Å²) in [5.41, 5.74) is 1.95. The maximum atomic E-state index is 3.56. The molecule has 1 aromatic heterocycles. The van der Waals surface area contributed by atoms with Crippen LogP contribution in [0, 0.1) is 12.3 Å². The lowest BCUT2D eigenvalue weighted by molar-refractivity contribution is 0.303. The second-order valence-corrected chi connectivity index (χ2v) is 8.04. The van der Waals surface area contributed by atoms with Crippen LogP contribution in [0.2, 0.25) is 0 Å². The number of halogens is 1. The van der Waals surface area contributed by atoms with Crippen LogP contribution >= 0.6 is 27.3 Å². The predicted molar refractivity (Wildman–Crippen MR) is 82.0 cm³/mol. The van der Waals surface area contributed by atoms with Crippen molar-refractivity contribution in [2.75, 3.05) is 13.1 Å². The molecule has 0 atom stereocenters. The van der Waals surface area contributed by atoms with Gasteiger partial charge in [-0.05, 0) is 72.3 Å². The van der Waals surface area contributed by atoms with E-state index in [9.17, 15) is 0 Å². The van der Waals surface area contributed by atoms with Gasteiger partial charge in [-0.25, -0.2) is 0 Å². The van der Waals surface area contributed by atoms with E-state index >= 15 is 0 Å². The third-order valence-electron chi connectivity index (χ3n) is 3.29. The van der Waals surface area contributed by atoms with Crippen molar-refractivity contribution in [3.05, 3.63) is 20.3 Å². The highest BCUT2D eigenvalue weighted by atomic mass is 79.9. The molecule has 0 spiro atoms. The Morgan fingerprint density at radius 3 is 2.59 bits per heavy atom. The predicted octanol–water partition coefficient (Wildman–Crippen LogP) is 4.78. The highest BCUT2D eigenvalue weighted by molar-refractivity contribution is 9.11. The summed E-state index contributed by atoms with van der Waals surface area (Å²) in [7, 11) is 0. The number of hydrogen-bond donors (Lipinski definition) is 1. The molecule has 0 amide bonds. The summed E-state index contributed by atoms with van der Waals surface area (Å²) in [5, 5.41) is 3.41. The van der Waals surface area contributed by atoms with E-state index in [1.165, 1.54) is 33.5 Å². The van der Waals surface area contributed by atoms with Crippen LogP contribution < -0.4 is 5.32 Å². The highest BCUT2D eigenvalue weighted by Gasteiger charge is 2.18. The fourth-order valence-electron chi connectivity index (χ4n) is 1.93. The smallest absolute Gasteiger partial charge is 0.0704 e. The third-order valence-corrected chi connectivity index (χ3v) is 4.89. The Kier molecular flexibility index (Phi) is 6.18. The van der Waals surface area contributed by atoms with Crippen molar-refractivity contribution in [1.29, 1.82) is 0 Å². The van der Waals surface area contributed by atoms with E-state index < -0.39 is 0 Å². The molecule has 1 N–H and O–H groups in total. The van der Waals surface area contributed by atoms with Crippen LogP contribution in [0.15, 0.2) is 9.85 Å². The zero-order valence-electron chi connectivity index (χ0n) is 11.4. The molecule has 1 rings (SSSR count). The van der Waals surface area contributed by atoms with E-state index in [0.29, 0.717) is 5.41 Å². The summed E-state index contributed by atoms with van der Waals surface area (Å²) in [6.07, 6.45) is 3.72. The maximum absolute atomic E-state index is 3.56. The zero-order chi connectivity index (χ0) is 12.9. The quantitative estimate of drug-likeness (QED) is 0.714. The SMILES string of the molecule is CCNCCC(C)(C)CCc1cc(Br)sc1C. The van der Waals surface area contributed by atoms with Gasteiger partial charge >= 0.3 is 0 Å². The molecule has 0 saturated carbocycles. The molecule has 0 bridgehead atoms. The average Bonchev–Trinajstić information content (AvgIpc) is 2.55. The summed E-state index contributed by atoms with van der Waals surface area (Å²) in [6, 6.07) is 2.28. The summed E-state index contributed by atoms with van der Waals surface area (Å²) in [5.74, 6) is 0. The molecule has 17 heavy (non-hydrogen) atoms. The average molecular weight is 318 g/mol. The molecule has 0 aliphatic rings. The van der Waals surface area contributed by atoms with E-state index in [2.05, 4.69) is 55.0 Å². The van der Waals surface area contributed by atoms with Crippen molar-refractivity contribution in [3.63, 3.8) is 0 Å². The van der Waals surface area contributed by atoms with Gasteiger partial charge in [0.1, 0.15) is 0 Å². The molecule has 0 aromatic carbocycles. The van der Waals surface area contributed by atoms with Crippen LogP contribution in [0.25, 0.3) is 0 Å². The molecule has 98 valence electrons. The Labute approximate surface area is 118 Å². The molecular formula is C14H24BrNS. The summed E-state index contributed by atoms with van der Waals surface area (Å²) in [4.78, 5) is 1.46. The number of aryl methyl sites for hydroxylation is 2. The first-order valence-corrected chi connectivity index (χ1v) is 8.01. The van der Waals surface area contributed by atoms with Crippen molar-refractivity contribution in [1.82, 2.24) is 5.32 Å². The molecule has 0 saturated heterocycles. The van der Waals surface area contributed by atoms with Crippen LogP contribution in [0.4, 0.5) is 0 Å². The molecule has 0 aliphatic carbocycles. The molecule has 3 heteroatoms. The van der Waals surface area contributed by atoms with Gasteiger partial charge in [0, 0.05) is 4.88 Å². The van der Waals surface area contributed by atoms with Crippen molar-refractivity contribution in [2.45, 2.75) is 47.0 Å². The molecule has 0 unspecified atom stereocenters. The minimum Gasteiger partial charge on any atom is -0.317 e. The fraction of sp³-hybridized carbons (Fsp3) is 0.714. The van der Waals surface area contributed by atoms with Gasteiger partial charge < -0.3 is 5.32 Å².